The van der Waals surface area contributed by atoms with Crippen molar-refractivity contribution in [1.82, 2.24) is 4.90 Å². The van der Waals surface area contributed by atoms with Crippen LogP contribution in [0.2, 0.25) is 0 Å². The lowest BCUT2D eigenvalue weighted by Crippen LogP contribution is -2.24. The molecule has 1 saturated heterocycles. The molecule has 1 aliphatic heterocycles. The van der Waals surface area contributed by atoms with Gasteiger partial charge in [0.05, 0.1) is 0 Å². The lowest BCUT2D eigenvalue weighted by molar-refractivity contribution is 0.289. The van der Waals surface area contributed by atoms with Crippen molar-refractivity contribution >= 4 is 0 Å². The van der Waals surface area contributed by atoms with Crippen molar-refractivity contribution in [2.75, 3.05) is 13.1 Å². The quantitative estimate of drug-likeness (QED) is 0.690. The highest BCUT2D eigenvalue weighted by atomic mass is 15.1. The Balaban J connectivity index is 1.71. The molecule has 16 heavy (non-hydrogen) atoms. The van der Waals surface area contributed by atoms with Crippen LogP contribution in [0, 0.1) is 11.8 Å². The van der Waals surface area contributed by atoms with E-state index >= 15 is 0 Å². The van der Waals surface area contributed by atoms with Gasteiger partial charge in [0.25, 0.3) is 0 Å². The summed E-state index contributed by atoms with van der Waals surface area (Å²) >= 11 is 0. The van der Waals surface area contributed by atoms with Crippen LogP contribution in [0.1, 0.15) is 58.3 Å². The molecule has 0 aromatic rings. The third-order valence-electron chi connectivity index (χ3n) is 4.43. The zero-order valence-corrected chi connectivity index (χ0v) is 10.8. The van der Waals surface area contributed by atoms with E-state index in [0.717, 1.165) is 11.8 Å². The number of piperidine rings is 1. The smallest absolute Gasteiger partial charge is 0.0172 e. The summed E-state index contributed by atoms with van der Waals surface area (Å²) in [4.78, 5) is 2.52. The largest absolute Gasteiger partial charge is 0.378 e. The first-order valence-electron chi connectivity index (χ1n) is 7.31. The molecule has 0 radical (unpaired) electrons. The Bertz CT molecular complexity index is 207. The van der Waals surface area contributed by atoms with Crippen LogP contribution in [-0.4, -0.2) is 18.0 Å². The second kappa shape index (κ2) is 6.32. The zero-order chi connectivity index (χ0) is 11.2. The SMILES string of the molecule is CC[C@H]1CC[C@H](C=CN2CCCCC2)CC1. The summed E-state index contributed by atoms with van der Waals surface area (Å²) < 4.78 is 0. The highest BCUT2D eigenvalue weighted by molar-refractivity contribution is 4.91. The number of rotatable bonds is 3. The molecule has 0 bridgehead atoms. The third-order valence-corrected chi connectivity index (χ3v) is 4.43. The average Bonchev–Trinajstić information content (AvgIpc) is 2.38. The normalized spacial score (nSPS) is 32.2. The maximum absolute atomic E-state index is 2.52. The molecule has 0 unspecified atom stereocenters. The van der Waals surface area contributed by atoms with Gasteiger partial charge in [0.2, 0.25) is 0 Å². The second-order valence-electron chi connectivity index (χ2n) is 5.63. The van der Waals surface area contributed by atoms with Gasteiger partial charge in [0, 0.05) is 13.1 Å². The molecule has 1 nitrogen and oxygen atoms in total. The highest BCUT2D eigenvalue weighted by Crippen LogP contribution is 2.31. The number of allylic oxidation sites excluding steroid dienone is 1. The minimum atomic E-state index is 0.879. The standard InChI is InChI=1S/C15H27N/c1-2-14-6-8-15(9-7-14)10-13-16-11-4-3-5-12-16/h10,13-15H,2-9,11-12H2,1H3/t14-,15-. The molecule has 1 heterocycles. The van der Waals surface area contributed by atoms with E-state index in [1.807, 2.05) is 0 Å². The Labute approximate surface area is 101 Å². The fraction of sp³-hybridized carbons (Fsp3) is 0.867. The average molecular weight is 221 g/mol. The maximum atomic E-state index is 2.52. The molecular formula is C15H27N. The Kier molecular flexibility index (Phi) is 4.74. The van der Waals surface area contributed by atoms with E-state index in [9.17, 15) is 0 Å². The molecular weight excluding hydrogens is 194 g/mol. The van der Waals surface area contributed by atoms with E-state index in [1.54, 1.807) is 0 Å². The molecule has 0 aromatic carbocycles. The minimum Gasteiger partial charge on any atom is -0.378 e. The lowest BCUT2D eigenvalue weighted by Gasteiger charge is -2.28. The van der Waals surface area contributed by atoms with Gasteiger partial charge in [-0.2, -0.15) is 0 Å². The summed E-state index contributed by atoms with van der Waals surface area (Å²) in [6.07, 6.45) is 16.3. The van der Waals surface area contributed by atoms with Crippen molar-refractivity contribution < 1.29 is 0 Å². The van der Waals surface area contributed by atoms with Gasteiger partial charge in [-0.3, -0.25) is 0 Å². The van der Waals surface area contributed by atoms with Crippen molar-refractivity contribution in [3.05, 3.63) is 12.3 Å². The van der Waals surface area contributed by atoms with E-state index < -0.39 is 0 Å². The van der Waals surface area contributed by atoms with Crippen LogP contribution in [0.25, 0.3) is 0 Å². The predicted octanol–water partition coefficient (Wildman–Crippen LogP) is 4.20. The molecule has 92 valence electrons. The number of hydrogen-bond donors (Lipinski definition) is 0. The van der Waals surface area contributed by atoms with Crippen LogP contribution in [0.4, 0.5) is 0 Å². The molecule has 0 amide bonds. The Morgan fingerprint density at radius 3 is 2.31 bits per heavy atom. The Morgan fingerprint density at radius 2 is 1.69 bits per heavy atom. The second-order valence-corrected chi connectivity index (χ2v) is 5.63. The van der Waals surface area contributed by atoms with Crippen molar-refractivity contribution in [2.24, 2.45) is 11.8 Å². The fourth-order valence-electron chi connectivity index (χ4n) is 3.10. The predicted molar refractivity (Wildman–Crippen MR) is 70.3 cm³/mol. The summed E-state index contributed by atoms with van der Waals surface area (Å²) in [5, 5.41) is 0. The van der Waals surface area contributed by atoms with Gasteiger partial charge < -0.3 is 4.90 Å². The first-order valence-corrected chi connectivity index (χ1v) is 7.31. The third kappa shape index (κ3) is 3.54. The minimum absolute atomic E-state index is 0.879. The molecule has 2 fully saturated rings. The van der Waals surface area contributed by atoms with Gasteiger partial charge in [-0.05, 0) is 63.0 Å². The van der Waals surface area contributed by atoms with Gasteiger partial charge >= 0.3 is 0 Å². The first kappa shape index (κ1) is 12.0. The van der Waals surface area contributed by atoms with Crippen molar-refractivity contribution in [2.45, 2.75) is 58.3 Å². The highest BCUT2D eigenvalue weighted by Gasteiger charge is 2.18. The van der Waals surface area contributed by atoms with Crippen LogP contribution in [-0.2, 0) is 0 Å². The molecule has 2 aliphatic rings. The maximum Gasteiger partial charge on any atom is 0.0172 e. The molecule has 1 aliphatic carbocycles. The van der Waals surface area contributed by atoms with Gasteiger partial charge in [-0.25, -0.2) is 0 Å². The zero-order valence-electron chi connectivity index (χ0n) is 10.8. The Hall–Kier alpha value is -0.460. The monoisotopic (exact) mass is 221 g/mol. The number of nitrogens with zero attached hydrogens (tertiary/aromatic N) is 1. The summed E-state index contributed by atoms with van der Waals surface area (Å²) in [5.74, 6) is 1.91. The topological polar surface area (TPSA) is 3.24 Å². The molecule has 0 spiro atoms. The van der Waals surface area contributed by atoms with Crippen LogP contribution >= 0.6 is 0 Å². The molecule has 0 N–H and O–H groups in total. The molecule has 0 aromatic heterocycles. The van der Waals surface area contributed by atoms with E-state index in [2.05, 4.69) is 24.1 Å². The summed E-state index contributed by atoms with van der Waals surface area (Å²) in [6, 6.07) is 0. The lowest BCUT2D eigenvalue weighted by atomic mass is 9.81. The van der Waals surface area contributed by atoms with Gasteiger partial charge in [0.15, 0.2) is 0 Å². The van der Waals surface area contributed by atoms with Crippen molar-refractivity contribution in [3.8, 4) is 0 Å². The molecule has 2 rings (SSSR count). The molecule has 0 atom stereocenters. The van der Waals surface area contributed by atoms with Gasteiger partial charge in [0.1, 0.15) is 0 Å². The van der Waals surface area contributed by atoms with Gasteiger partial charge in [-0.15, -0.1) is 0 Å². The van der Waals surface area contributed by atoms with Crippen LogP contribution in [0.15, 0.2) is 12.3 Å². The van der Waals surface area contributed by atoms with Crippen LogP contribution in [0.3, 0.4) is 0 Å². The van der Waals surface area contributed by atoms with Gasteiger partial charge in [-0.1, -0.05) is 19.4 Å². The van der Waals surface area contributed by atoms with E-state index in [1.165, 1.54) is 64.5 Å². The number of likely N-dealkylation sites (tertiary alicyclic amines) is 1. The van der Waals surface area contributed by atoms with E-state index in [0.29, 0.717) is 0 Å². The summed E-state index contributed by atoms with van der Waals surface area (Å²) in [6.45, 7) is 4.93. The van der Waals surface area contributed by atoms with Crippen LogP contribution < -0.4 is 0 Å². The van der Waals surface area contributed by atoms with Crippen molar-refractivity contribution in [3.63, 3.8) is 0 Å². The fourth-order valence-corrected chi connectivity index (χ4v) is 3.10. The number of hydrogen-bond acceptors (Lipinski definition) is 1. The molecule has 1 heteroatoms. The summed E-state index contributed by atoms with van der Waals surface area (Å²) in [7, 11) is 0. The van der Waals surface area contributed by atoms with E-state index in [-0.39, 0.29) is 0 Å². The Morgan fingerprint density at radius 1 is 1.00 bits per heavy atom. The van der Waals surface area contributed by atoms with Crippen LogP contribution in [0.5, 0.6) is 0 Å². The first-order chi connectivity index (χ1) is 7.88. The van der Waals surface area contributed by atoms with E-state index in [4.69, 9.17) is 0 Å². The molecule has 1 saturated carbocycles. The summed E-state index contributed by atoms with van der Waals surface area (Å²) in [5.41, 5.74) is 0. The van der Waals surface area contributed by atoms with Crippen molar-refractivity contribution in [1.29, 1.82) is 0 Å².